The van der Waals surface area contributed by atoms with Crippen LogP contribution >= 0.6 is 11.3 Å². The number of rotatable bonds is 11. The number of thiazole rings is 1. The molecule has 0 bridgehead atoms. The Kier molecular flexibility index (Phi) is 8.20. The van der Waals surface area contributed by atoms with Crippen molar-refractivity contribution in [3.63, 3.8) is 0 Å². The van der Waals surface area contributed by atoms with Crippen molar-refractivity contribution in [1.82, 2.24) is 15.2 Å². The molecule has 1 aromatic heterocycles. The van der Waals surface area contributed by atoms with Gasteiger partial charge in [-0.15, -0.1) is 0 Å². The maximum absolute atomic E-state index is 11.7. The summed E-state index contributed by atoms with van der Waals surface area (Å²) in [4.78, 5) is 16.3. The maximum Gasteiger partial charge on any atom is 0.305 e. The van der Waals surface area contributed by atoms with E-state index < -0.39 is 6.10 Å². The second kappa shape index (κ2) is 11.5. The zero-order valence-electron chi connectivity index (χ0n) is 20.0. The molecule has 0 saturated heterocycles. The first-order valence-electron chi connectivity index (χ1n) is 11.6. The number of methoxy groups -OCH3 is 1. The van der Waals surface area contributed by atoms with Crippen molar-refractivity contribution in [2.75, 3.05) is 27.2 Å². The van der Waals surface area contributed by atoms with E-state index in [9.17, 15) is 15.0 Å². The lowest BCUT2D eigenvalue weighted by atomic mass is 10.1. The molecule has 0 amide bonds. The number of aliphatic hydroxyl groups excluding tert-OH is 1. The van der Waals surface area contributed by atoms with Crippen LogP contribution < -0.4 is 14.9 Å². The Labute approximate surface area is 208 Å². The van der Waals surface area contributed by atoms with E-state index in [0.29, 0.717) is 28.9 Å². The van der Waals surface area contributed by atoms with Crippen LogP contribution in [0.4, 0.5) is 0 Å². The summed E-state index contributed by atoms with van der Waals surface area (Å²) in [6.07, 6.45) is 0.0592. The van der Waals surface area contributed by atoms with Gasteiger partial charge in [0.05, 0.1) is 17.9 Å². The van der Waals surface area contributed by atoms with Crippen LogP contribution in [0.1, 0.15) is 28.4 Å². The number of benzene rings is 3. The summed E-state index contributed by atoms with van der Waals surface area (Å²) in [5.74, 6) is 0.880. The molecule has 1 heterocycles. The number of nitrogens with one attached hydrogen (secondary N) is 2. The normalized spacial score (nSPS) is 12.3. The van der Waals surface area contributed by atoms with Crippen LogP contribution in [-0.4, -0.2) is 47.3 Å². The van der Waals surface area contributed by atoms with Gasteiger partial charge in [-0.1, -0.05) is 53.8 Å². The fourth-order valence-electron chi connectivity index (χ4n) is 4.22. The van der Waals surface area contributed by atoms with Gasteiger partial charge in [-0.3, -0.25) is 9.69 Å². The second-order valence-electron chi connectivity index (χ2n) is 8.71. The van der Waals surface area contributed by atoms with Gasteiger partial charge in [0.25, 0.3) is 0 Å². The highest BCUT2D eigenvalue weighted by atomic mass is 32.1. The van der Waals surface area contributed by atoms with E-state index in [-0.39, 0.29) is 10.6 Å². The largest absolute Gasteiger partial charge is 0.506 e. The molecule has 1 atom stereocenters. The Morgan fingerprint density at radius 2 is 1.77 bits per heavy atom. The van der Waals surface area contributed by atoms with Gasteiger partial charge in [-0.05, 0) is 54.9 Å². The number of aromatic hydroxyl groups is 1. The van der Waals surface area contributed by atoms with Crippen molar-refractivity contribution in [3.8, 4) is 11.5 Å². The third-order valence-corrected chi connectivity index (χ3v) is 6.84. The van der Waals surface area contributed by atoms with Crippen molar-refractivity contribution >= 4 is 21.6 Å². The molecular formula is C27H31N3O4S. The first-order valence-corrected chi connectivity index (χ1v) is 12.4. The molecule has 0 saturated carbocycles. The average Bonchev–Trinajstić information content (AvgIpc) is 3.24. The molecule has 4 aromatic rings. The summed E-state index contributed by atoms with van der Waals surface area (Å²) in [6, 6.07) is 19.9. The van der Waals surface area contributed by atoms with Gasteiger partial charge in [-0.25, -0.2) is 0 Å². The van der Waals surface area contributed by atoms with Crippen molar-refractivity contribution in [3.05, 3.63) is 92.6 Å². The Morgan fingerprint density at radius 3 is 2.54 bits per heavy atom. The average molecular weight is 494 g/mol. The number of aliphatic hydroxyl groups is 1. The first kappa shape index (κ1) is 24.9. The molecule has 0 radical (unpaired) electrons. The minimum atomic E-state index is -0.777. The summed E-state index contributed by atoms with van der Waals surface area (Å²) >= 11 is 0.997. The van der Waals surface area contributed by atoms with Crippen LogP contribution in [0.2, 0.25) is 0 Å². The molecule has 0 aliphatic carbocycles. The van der Waals surface area contributed by atoms with E-state index >= 15 is 0 Å². The highest BCUT2D eigenvalue weighted by Gasteiger charge is 2.16. The van der Waals surface area contributed by atoms with Crippen LogP contribution in [0.15, 0.2) is 65.5 Å². The number of phenols is 1. The molecule has 0 aliphatic heterocycles. The second-order valence-corrected chi connectivity index (χ2v) is 9.69. The Hall–Kier alpha value is -3.17. The number of aromatic nitrogens is 1. The van der Waals surface area contributed by atoms with E-state index in [1.807, 2.05) is 12.1 Å². The van der Waals surface area contributed by atoms with Gasteiger partial charge in [0, 0.05) is 25.2 Å². The van der Waals surface area contributed by atoms with Gasteiger partial charge < -0.3 is 25.3 Å². The summed E-state index contributed by atoms with van der Waals surface area (Å²) in [6.45, 7) is 2.74. The van der Waals surface area contributed by atoms with E-state index in [2.05, 4.69) is 58.6 Å². The predicted molar refractivity (Wildman–Crippen MR) is 140 cm³/mol. The lowest BCUT2D eigenvalue weighted by Gasteiger charge is -2.18. The Balaban J connectivity index is 1.28. The molecule has 184 valence electrons. The van der Waals surface area contributed by atoms with Crippen molar-refractivity contribution in [2.45, 2.75) is 25.6 Å². The number of phenolic OH excluding ortho intramolecular Hbond substituents is 1. The summed E-state index contributed by atoms with van der Waals surface area (Å²) in [5.41, 5.74) is 4.71. The molecule has 0 spiro atoms. The highest BCUT2D eigenvalue weighted by molar-refractivity contribution is 7.16. The number of fused-ring (bicyclic) bond motifs is 1. The molecule has 4 rings (SSSR count). The van der Waals surface area contributed by atoms with Crippen molar-refractivity contribution in [1.29, 1.82) is 0 Å². The zero-order valence-corrected chi connectivity index (χ0v) is 20.8. The number of hydrogen-bond acceptors (Lipinski definition) is 7. The molecule has 0 fully saturated rings. The Morgan fingerprint density at radius 1 is 1.06 bits per heavy atom. The number of nitrogens with zero attached hydrogens (tertiary/aromatic N) is 1. The number of ether oxygens (including phenoxy) is 1. The number of hydrogen-bond donors (Lipinski definition) is 4. The minimum Gasteiger partial charge on any atom is -0.506 e. The van der Waals surface area contributed by atoms with Gasteiger partial charge >= 0.3 is 4.87 Å². The van der Waals surface area contributed by atoms with Gasteiger partial charge in [0.1, 0.15) is 17.0 Å². The first-order chi connectivity index (χ1) is 16.9. The third kappa shape index (κ3) is 6.49. The van der Waals surface area contributed by atoms with Crippen LogP contribution in [0.25, 0.3) is 10.2 Å². The van der Waals surface area contributed by atoms with Crippen LogP contribution in [-0.2, 0) is 19.5 Å². The lowest BCUT2D eigenvalue weighted by molar-refractivity contribution is 0.176. The molecule has 0 aliphatic rings. The van der Waals surface area contributed by atoms with Crippen molar-refractivity contribution < 1.29 is 14.9 Å². The number of H-pyrrole nitrogens is 1. The minimum absolute atomic E-state index is 0.0104. The summed E-state index contributed by atoms with van der Waals surface area (Å²) in [5, 5.41) is 23.9. The fourth-order valence-corrected chi connectivity index (χ4v) is 5.13. The van der Waals surface area contributed by atoms with Crippen LogP contribution in [0.3, 0.4) is 0 Å². The molecule has 3 aromatic carbocycles. The van der Waals surface area contributed by atoms with Gasteiger partial charge in [0.15, 0.2) is 0 Å². The molecule has 4 N–H and O–H groups in total. The molecule has 35 heavy (non-hydrogen) atoms. The predicted octanol–water partition coefficient (Wildman–Crippen LogP) is 3.80. The summed E-state index contributed by atoms with van der Waals surface area (Å²) < 4.78 is 5.91. The molecule has 0 unspecified atom stereocenters. The Bertz CT molecular complexity index is 1330. The summed E-state index contributed by atoms with van der Waals surface area (Å²) in [7, 11) is 3.79. The quantitative estimate of drug-likeness (QED) is 0.237. The SMILES string of the molecule is COc1cccc(CN(C)Cc2cccc(CCNC[C@H](O)c3ccc(O)c4[nH]c(=O)sc34)c2)c1. The maximum atomic E-state index is 11.7. The lowest BCUT2D eigenvalue weighted by Crippen LogP contribution is -2.24. The molecule has 7 nitrogen and oxygen atoms in total. The van der Waals surface area contributed by atoms with Crippen molar-refractivity contribution in [2.24, 2.45) is 0 Å². The van der Waals surface area contributed by atoms with Crippen LogP contribution in [0.5, 0.6) is 11.5 Å². The monoisotopic (exact) mass is 493 g/mol. The van der Waals surface area contributed by atoms with E-state index in [1.54, 1.807) is 13.2 Å². The fraction of sp³-hybridized carbons (Fsp3) is 0.296. The smallest absolute Gasteiger partial charge is 0.305 e. The third-order valence-electron chi connectivity index (χ3n) is 5.91. The van der Waals surface area contributed by atoms with E-state index in [0.717, 1.165) is 36.6 Å². The highest BCUT2D eigenvalue weighted by Crippen LogP contribution is 2.31. The topological polar surface area (TPSA) is 97.8 Å². The van der Waals surface area contributed by atoms with Gasteiger partial charge in [0.2, 0.25) is 0 Å². The number of aromatic amines is 1. The molecular weight excluding hydrogens is 462 g/mol. The van der Waals surface area contributed by atoms with E-state index in [4.69, 9.17) is 4.74 Å². The zero-order chi connectivity index (χ0) is 24.8. The van der Waals surface area contributed by atoms with Crippen LogP contribution in [0, 0.1) is 0 Å². The molecule has 8 heteroatoms. The van der Waals surface area contributed by atoms with Gasteiger partial charge in [-0.2, -0.15) is 0 Å². The van der Waals surface area contributed by atoms with E-state index in [1.165, 1.54) is 22.8 Å². The standard InChI is InChI=1S/C27H31N3O4S/c1-30(17-20-7-4-8-21(14-20)34-2)16-19-6-3-5-18(13-19)11-12-28-15-24(32)22-9-10-23(31)25-26(22)35-27(33)29-25/h3-10,13-14,24,28,31-32H,11-12,15-17H2,1-2H3,(H,29,33)/t24-/m0/s1.